The molecule has 7 heteroatoms. The molecule has 0 amide bonds. The van der Waals surface area contributed by atoms with Gasteiger partial charge >= 0.3 is 22.4 Å². The number of ether oxygens (including phenoxy) is 1. The minimum atomic E-state index is -1.35. The Bertz CT molecular complexity index is 155. The maximum atomic E-state index is 9.18. The summed E-state index contributed by atoms with van der Waals surface area (Å²) in [5.74, 6) is 0. The van der Waals surface area contributed by atoms with Crippen molar-refractivity contribution >= 4 is 12.6 Å². The van der Waals surface area contributed by atoms with Crippen molar-refractivity contribution in [1.82, 2.24) is 0 Å². The summed E-state index contributed by atoms with van der Waals surface area (Å²) in [6, 6.07) is 0. The zero-order chi connectivity index (χ0) is 9.30. The monoisotopic (exact) mass is 392 g/mol. The van der Waals surface area contributed by atoms with Gasteiger partial charge in [-0.25, -0.2) is 0 Å². The Labute approximate surface area is 96.6 Å². The first kappa shape index (κ1) is 13.9. The minimum absolute atomic E-state index is 0. The Hall–Kier alpha value is 0.890. The molecule has 0 bridgehead atoms. The van der Waals surface area contributed by atoms with Gasteiger partial charge in [0.15, 0.2) is 0 Å². The van der Waals surface area contributed by atoms with Crippen LogP contribution in [0.2, 0.25) is 0 Å². The van der Waals surface area contributed by atoms with Crippen molar-refractivity contribution in [3.63, 3.8) is 0 Å². The smallest absolute Gasteiger partial charge is 0.759 e. The summed E-state index contributed by atoms with van der Waals surface area (Å²) >= 11 is 4.63. The van der Waals surface area contributed by atoms with Crippen LogP contribution in [0, 0.1) is 0 Å². The summed E-state index contributed by atoms with van der Waals surface area (Å²) in [5.41, 5.74) is -0.986. The van der Waals surface area contributed by atoms with E-state index in [0.717, 1.165) is 0 Å². The molecule has 0 aromatic carbocycles. The first-order chi connectivity index (χ1) is 5.57. The molecule has 82 valence electrons. The fraction of sp³-hybridized carbons (Fsp3) is 1.00. The van der Waals surface area contributed by atoms with Gasteiger partial charge in [-0.3, -0.25) is 0 Å². The molecule has 0 aliphatic carbocycles. The fourth-order valence-electron chi connectivity index (χ4n) is 1.07. The molecule has 0 aromatic heterocycles. The maximum Gasteiger partial charge on any atom is 1.00 e. The molecule has 0 spiro atoms. The van der Waals surface area contributed by atoms with Crippen LogP contribution in [-0.4, -0.2) is 56.9 Å². The van der Waals surface area contributed by atoms with Crippen molar-refractivity contribution in [2.75, 3.05) is 6.61 Å². The second-order valence-corrected chi connectivity index (χ2v) is 3.16. The Morgan fingerprint density at radius 1 is 1.08 bits per heavy atom. The van der Waals surface area contributed by atoms with Crippen molar-refractivity contribution in [1.29, 1.82) is 0 Å². The van der Waals surface area contributed by atoms with Gasteiger partial charge in [-0.15, -0.1) is 0 Å². The minimum Gasteiger partial charge on any atom is -0.759 e. The molecule has 1 aliphatic rings. The van der Waals surface area contributed by atoms with Crippen LogP contribution in [0.3, 0.4) is 0 Å². The average Bonchev–Trinajstić information content (AvgIpc) is 2.08. The number of hydrogen-bond acceptors (Lipinski definition) is 6. The molecular weight excluding hydrogens is 381 g/mol. The molecular formula is C6H11AuO5S. The van der Waals surface area contributed by atoms with Gasteiger partial charge in [0.05, 0.1) is 12.7 Å². The summed E-state index contributed by atoms with van der Waals surface area (Å²) < 4.78 is 4.84. The van der Waals surface area contributed by atoms with Crippen LogP contribution >= 0.6 is 0 Å². The van der Waals surface area contributed by atoms with Crippen LogP contribution in [0.15, 0.2) is 0 Å². The van der Waals surface area contributed by atoms with Crippen LogP contribution in [0.1, 0.15) is 0 Å². The summed E-state index contributed by atoms with van der Waals surface area (Å²) in [6.07, 6.45) is -4.83. The van der Waals surface area contributed by atoms with E-state index in [9.17, 15) is 5.11 Å². The molecule has 0 radical (unpaired) electrons. The Morgan fingerprint density at radius 3 is 2.08 bits per heavy atom. The Balaban J connectivity index is 0.00000144. The van der Waals surface area contributed by atoms with E-state index in [2.05, 4.69) is 12.6 Å². The van der Waals surface area contributed by atoms with Gasteiger partial charge in [0, 0.05) is 0 Å². The summed E-state index contributed by atoms with van der Waals surface area (Å²) in [6.45, 7) is -0.432. The van der Waals surface area contributed by atoms with Crippen LogP contribution in [0.5, 0.6) is 0 Å². The molecule has 1 heterocycles. The third kappa shape index (κ3) is 2.92. The predicted octanol–water partition coefficient (Wildman–Crippen LogP) is -2.67. The normalized spacial score (nSPS) is 45.5. The van der Waals surface area contributed by atoms with Crippen LogP contribution in [0.4, 0.5) is 0 Å². The largest absolute Gasteiger partial charge is 1.00 e. The van der Waals surface area contributed by atoms with Gasteiger partial charge < -0.3 is 37.8 Å². The van der Waals surface area contributed by atoms with E-state index in [1.54, 1.807) is 0 Å². The number of aliphatic hydroxyl groups excluding tert-OH is 4. The van der Waals surface area contributed by atoms with Crippen molar-refractivity contribution in [3.05, 3.63) is 0 Å². The quantitative estimate of drug-likeness (QED) is 0.288. The van der Waals surface area contributed by atoms with E-state index in [4.69, 9.17) is 20.1 Å². The average molecular weight is 392 g/mol. The SMILES string of the molecule is OCC1O[C@H]([S-])C(O)[C@@H](O)[C@@H]1O.[Au+]. The van der Waals surface area contributed by atoms with E-state index in [1.165, 1.54) is 0 Å². The molecule has 2 unspecified atom stereocenters. The van der Waals surface area contributed by atoms with Gasteiger partial charge in [0.2, 0.25) is 0 Å². The third-order valence-corrected chi connectivity index (χ3v) is 2.24. The molecule has 1 saturated heterocycles. The maximum absolute atomic E-state index is 9.18. The van der Waals surface area contributed by atoms with Crippen LogP contribution in [-0.2, 0) is 39.7 Å². The van der Waals surface area contributed by atoms with E-state index >= 15 is 0 Å². The van der Waals surface area contributed by atoms with E-state index in [-0.39, 0.29) is 22.4 Å². The topological polar surface area (TPSA) is 90.2 Å². The molecule has 13 heavy (non-hydrogen) atoms. The Kier molecular flexibility index (Phi) is 6.08. The predicted molar refractivity (Wildman–Crippen MR) is 41.1 cm³/mol. The number of rotatable bonds is 1. The van der Waals surface area contributed by atoms with Gasteiger partial charge in [-0.05, 0) is 5.44 Å². The number of aliphatic hydroxyl groups is 4. The molecule has 1 rings (SSSR count). The summed E-state index contributed by atoms with van der Waals surface area (Å²) in [5, 5.41) is 36.1. The van der Waals surface area contributed by atoms with Crippen molar-refractivity contribution < 1.29 is 47.5 Å². The van der Waals surface area contributed by atoms with E-state index in [0.29, 0.717) is 0 Å². The van der Waals surface area contributed by atoms with Crippen molar-refractivity contribution in [2.24, 2.45) is 0 Å². The second kappa shape index (κ2) is 5.69. The Morgan fingerprint density at radius 2 is 1.62 bits per heavy atom. The zero-order valence-electron chi connectivity index (χ0n) is 6.50. The molecule has 0 aromatic rings. The second-order valence-electron chi connectivity index (χ2n) is 2.70. The number of hydrogen-bond donors (Lipinski definition) is 4. The first-order valence-corrected chi connectivity index (χ1v) is 4.01. The molecule has 0 saturated carbocycles. The third-order valence-electron chi connectivity index (χ3n) is 1.85. The van der Waals surface area contributed by atoms with Gasteiger partial charge in [-0.2, -0.15) is 0 Å². The van der Waals surface area contributed by atoms with Gasteiger partial charge in [-0.1, -0.05) is 0 Å². The molecule has 1 aliphatic heterocycles. The van der Waals surface area contributed by atoms with Crippen molar-refractivity contribution in [3.8, 4) is 0 Å². The van der Waals surface area contributed by atoms with Gasteiger partial charge in [0.25, 0.3) is 0 Å². The van der Waals surface area contributed by atoms with Crippen molar-refractivity contribution in [2.45, 2.75) is 29.9 Å². The standard InChI is InChI=1S/C6H12O5S.Au/c7-1-2-3(8)4(9)5(10)6(12)11-2;/h2-10,12H,1H2;/q;+1/p-1/t2?,3-,4+,5?,6-;/m1./s1. The zero-order valence-corrected chi connectivity index (χ0v) is 9.48. The molecule has 5 atom stereocenters. The molecule has 1 fully saturated rings. The van der Waals surface area contributed by atoms with E-state index < -0.39 is 36.5 Å². The summed E-state index contributed by atoms with van der Waals surface area (Å²) in [7, 11) is 0. The molecule has 5 nitrogen and oxygen atoms in total. The summed E-state index contributed by atoms with van der Waals surface area (Å²) in [4.78, 5) is 0. The van der Waals surface area contributed by atoms with Crippen LogP contribution in [0.25, 0.3) is 0 Å². The van der Waals surface area contributed by atoms with E-state index in [1.807, 2.05) is 0 Å². The fourth-order valence-corrected chi connectivity index (χ4v) is 1.37. The molecule has 4 N–H and O–H groups in total. The first-order valence-electron chi connectivity index (χ1n) is 3.54. The van der Waals surface area contributed by atoms with Crippen LogP contribution < -0.4 is 0 Å². The van der Waals surface area contributed by atoms with Gasteiger partial charge in [0.1, 0.15) is 18.3 Å².